The van der Waals surface area contributed by atoms with Crippen LogP contribution in [0.15, 0.2) is 6.33 Å². The van der Waals surface area contributed by atoms with Gasteiger partial charge in [0.15, 0.2) is 5.78 Å². The Balaban J connectivity index is 2.10. The van der Waals surface area contributed by atoms with Crippen LogP contribution in [0.25, 0.3) is 0 Å². The highest BCUT2D eigenvalue weighted by atomic mass is 16.1. The van der Waals surface area contributed by atoms with Gasteiger partial charge in [0.25, 0.3) is 0 Å². The Morgan fingerprint density at radius 1 is 1.56 bits per heavy atom. The molecule has 1 atom stereocenters. The van der Waals surface area contributed by atoms with Crippen LogP contribution < -0.4 is 5.32 Å². The van der Waals surface area contributed by atoms with Gasteiger partial charge in [-0.15, -0.1) is 0 Å². The summed E-state index contributed by atoms with van der Waals surface area (Å²) in [6.45, 7) is 5.85. The van der Waals surface area contributed by atoms with E-state index in [-0.39, 0.29) is 11.3 Å². The van der Waals surface area contributed by atoms with E-state index in [0.717, 1.165) is 44.6 Å². The zero-order chi connectivity index (χ0) is 13.0. The molecule has 2 heterocycles. The number of hydrogen-bond donors (Lipinski definition) is 1. The maximum absolute atomic E-state index is 12.5. The highest BCUT2D eigenvalue weighted by Crippen LogP contribution is 2.26. The number of carbonyl (C=O) groups is 1. The molecule has 1 N–H and O–H groups in total. The summed E-state index contributed by atoms with van der Waals surface area (Å²) < 4.78 is 1.80. The van der Waals surface area contributed by atoms with Crippen molar-refractivity contribution in [1.82, 2.24) is 20.1 Å². The molecule has 0 bridgehead atoms. The Morgan fingerprint density at radius 3 is 3.00 bits per heavy atom. The molecular weight excluding hydrogens is 228 g/mol. The zero-order valence-electron chi connectivity index (χ0n) is 11.3. The predicted octanol–water partition coefficient (Wildman–Crippen LogP) is 1.33. The molecule has 1 aliphatic heterocycles. The number of Topliss-reactive ketones (excluding diaryl/α,β-unsaturated/α-hetero) is 1. The first-order valence-electron chi connectivity index (χ1n) is 6.87. The van der Waals surface area contributed by atoms with Gasteiger partial charge in [-0.3, -0.25) is 4.79 Å². The largest absolute Gasteiger partial charge is 0.305 e. The van der Waals surface area contributed by atoms with Gasteiger partial charge in [0.2, 0.25) is 0 Å². The van der Waals surface area contributed by atoms with Gasteiger partial charge in [-0.05, 0) is 32.7 Å². The van der Waals surface area contributed by atoms with Crippen LogP contribution in [-0.4, -0.2) is 32.6 Å². The van der Waals surface area contributed by atoms with Crippen LogP contribution in [0.5, 0.6) is 0 Å². The second-order valence-electron chi connectivity index (χ2n) is 4.95. The van der Waals surface area contributed by atoms with Gasteiger partial charge >= 0.3 is 0 Å². The quantitative estimate of drug-likeness (QED) is 0.827. The van der Waals surface area contributed by atoms with E-state index in [2.05, 4.69) is 22.3 Å². The molecule has 0 radical (unpaired) electrons. The monoisotopic (exact) mass is 250 g/mol. The van der Waals surface area contributed by atoms with Crippen molar-refractivity contribution in [3.63, 3.8) is 0 Å². The van der Waals surface area contributed by atoms with Gasteiger partial charge in [-0.1, -0.05) is 13.3 Å². The number of carbonyl (C=O) groups excluding carboxylic acids is 1. The highest BCUT2D eigenvalue weighted by Gasteiger charge is 2.39. The average Bonchev–Trinajstić information content (AvgIpc) is 2.99. The first-order chi connectivity index (χ1) is 8.72. The minimum absolute atomic E-state index is 0.268. The number of aryl methyl sites for hydroxylation is 1. The minimum atomic E-state index is -0.306. The Kier molecular flexibility index (Phi) is 4.11. The number of nitrogens with one attached hydrogen (secondary N) is 1. The van der Waals surface area contributed by atoms with Crippen LogP contribution in [0.1, 0.15) is 45.4 Å². The summed E-state index contributed by atoms with van der Waals surface area (Å²) in [7, 11) is 0. The molecule has 0 aromatic carbocycles. The zero-order valence-corrected chi connectivity index (χ0v) is 11.3. The number of rotatable bonds is 6. The lowest BCUT2D eigenvalue weighted by Crippen LogP contribution is -2.48. The summed E-state index contributed by atoms with van der Waals surface area (Å²) in [5, 5.41) is 7.53. The molecule has 1 unspecified atom stereocenters. The van der Waals surface area contributed by atoms with Crippen molar-refractivity contribution in [1.29, 1.82) is 0 Å². The van der Waals surface area contributed by atoms with Gasteiger partial charge in [-0.2, -0.15) is 5.10 Å². The standard InChI is InChI=1S/C13H22N4O/c1-3-6-13(7-5-8-15-13)11(18)9-12-14-10-16-17(12)4-2/h10,15H,3-9H2,1-2H3. The Labute approximate surface area is 108 Å². The number of hydrogen-bond acceptors (Lipinski definition) is 4. The van der Waals surface area contributed by atoms with Crippen molar-refractivity contribution in [2.75, 3.05) is 6.54 Å². The van der Waals surface area contributed by atoms with E-state index in [4.69, 9.17) is 0 Å². The summed E-state index contributed by atoms with van der Waals surface area (Å²) in [6.07, 6.45) is 5.92. The first-order valence-corrected chi connectivity index (χ1v) is 6.87. The Morgan fingerprint density at radius 2 is 2.39 bits per heavy atom. The summed E-state index contributed by atoms with van der Waals surface area (Å²) in [4.78, 5) is 16.7. The molecule has 0 spiro atoms. The molecule has 0 aliphatic carbocycles. The molecule has 0 amide bonds. The topological polar surface area (TPSA) is 59.8 Å². The van der Waals surface area contributed by atoms with Crippen molar-refractivity contribution in [3.8, 4) is 0 Å². The van der Waals surface area contributed by atoms with Gasteiger partial charge in [-0.25, -0.2) is 9.67 Å². The van der Waals surface area contributed by atoms with Crippen molar-refractivity contribution in [2.45, 2.75) is 58.0 Å². The molecule has 1 aliphatic rings. The van der Waals surface area contributed by atoms with Crippen LogP contribution in [-0.2, 0) is 17.8 Å². The van der Waals surface area contributed by atoms with Gasteiger partial charge in [0, 0.05) is 6.54 Å². The van der Waals surface area contributed by atoms with E-state index >= 15 is 0 Å². The molecule has 5 heteroatoms. The number of aromatic nitrogens is 3. The van der Waals surface area contributed by atoms with E-state index in [1.54, 1.807) is 4.68 Å². The summed E-state index contributed by atoms with van der Waals surface area (Å²) in [5.74, 6) is 1.05. The maximum Gasteiger partial charge on any atom is 0.160 e. The molecule has 1 aromatic heterocycles. The lowest BCUT2D eigenvalue weighted by Gasteiger charge is -2.27. The Hall–Kier alpha value is -1.23. The summed E-state index contributed by atoms with van der Waals surface area (Å²) in [5.41, 5.74) is -0.306. The van der Waals surface area contributed by atoms with Gasteiger partial charge < -0.3 is 5.32 Å². The fourth-order valence-electron chi connectivity index (χ4n) is 2.83. The fourth-order valence-corrected chi connectivity index (χ4v) is 2.83. The molecule has 2 rings (SSSR count). The van der Waals surface area contributed by atoms with Crippen LogP contribution in [0.4, 0.5) is 0 Å². The van der Waals surface area contributed by atoms with Crippen molar-refractivity contribution < 1.29 is 4.79 Å². The smallest absolute Gasteiger partial charge is 0.160 e. The van der Waals surface area contributed by atoms with Crippen LogP contribution >= 0.6 is 0 Å². The van der Waals surface area contributed by atoms with Crippen molar-refractivity contribution in [3.05, 3.63) is 12.2 Å². The average molecular weight is 250 g/mol. The van der Waals surface area contributed by atoms with E-state index in [1.165, 1.54) is 6.33 Å². The number of nitrogens with zero attached hydrogens (tertiary/aromatic N) is 3. The van der Waals surface area contributed by atoms with Crippen LogP contribution in [0.3, 0.4) is 0 Å². The second kappa shape index (κ2) is 5.61. The highest BCUT2D eigenvalue weighted by molar-refractivity contribution is 5.90. The molecule has 18 heavy (non-hydrogen) atoms. The molecular formula is C13H22N4O. The summed E-state index contributed by atoms with van der Waals surface area (Å²) in [6, 6.07) is 0. The molecule has 1 saturated heterocycles. The van der Waals surface area contributed by atoms with Crippen LogP contribution in [0, 0.1) is 0 Å². The molecule has 1 aromatic rings. The molecule has 100 valence electrons. The van der Waals surface area contributed by atoms with Crippen molar-refractivity contribution in [2.24, 2.45) is 0 Å². The third kappa shape index (κ3) is 2.46. The van der Waals surface area contributed by atoms with Gasteiger partial charge in [0.1, 0.15) is 12.2 Å². The fraction of sp³-hybridized carbons (Fsp3) is 0.769. The van der Waals surface area contributed by atoms with E-state index < -0.39 is 0 Å². The third-order valence-corrected chi connectivity index (χ3v) is 3.77. The van der Waals surface area contributed by atoms with E-state index in [0.29, 0.717) is 6.42 Å². The van der Waals surface area contributed by atoms with Crippen molar-refractivity contribution >= 4 is 5.78 Å². The van der Waals surface area contributed by atoms with Gasteiger partial charge in [0.05, 0.1) is 12.0 Å². The molecule has 0 saturated carbocycles. The van der Waals surface area contributed by atoms with E-state index in [1.807, 2.05) is 6.92 Å². The lowest BCUT2D eigenvalue weighted by molar-refractivity contribution is -0.124. The predicted molar refractivity (Wildman–Crippen MR) is 69.3 cm³/mol. The first kappa shape index (κ1) is 13.2. The summed E-state index contributed by atoms with van der Waals surface area (Å²) >= 11 is 0. The Bertz CT molecular complexity index is 407. The lowest BCUT2D eigenvalue weighted by atomic mass is 9.85. The minimum Gasteiger partial charge on any atom is -0.305 e. The third-order valence-electron chi connectivity index (χ3n) is 3.77. The number of ketones is 1. The normalized spacial score (nSPS) is 23.4. The maximum atomic E-state index is 12.5. The second-order valence-corrected chi connectivity index (χ2v) is 4.95. The molecule has 5 nitrogen and oxygen atoms in total. The van der Waals surface area contributed by atoms with E-state index in [9.17, 15) is 4.79 Å². The molecule has 1 fully saturated rings. The van der Waals surface area contributed by atoms with Crippen LogP contribution in [0.2, 0.25) is 0 Å². The SMILES string of the molecule is CCCC1(C(=O)Cc2ncnn2CC)CCCN1.